The van der Waals surface area contributed by atoms with Crippen LogP contribution in [0.1, 0.15) is 12.8 Å². The van der Waals surface area contributed by atoms with E-state index in [2.05, 4.69) is 20.8 Å². The Morgan fingerprint density at radius 1 is 1.64 bits per heavy atom. The van der Waals surface area contributed by atoms with E-state index in [4.69, 9.17) is 0 Å². The van der Waals surface area contributed by atoms with E-state index in [1.807, 2.05) is 7.05 Å². The molecule has 1 aliphatic heterocycles. The van der Waals surface area contributed by atoms with Crippen LogP contribution in [0.3, 0.4) is 0 Å². The first-order chi connectivity index (χ1) is 6.86. The SMILES string of the molecule is Cn1nnnc1SC[C@H]1CCCNC1. The second kappa shape index (κ2) is 4.75. The number of hydrogen-bond donors (Lipinski definition) is 1. The zero-order valence-corrected chi connectivity index (χ0v) is 9.13. The Balaban J connectivity index is 1.79. The Bertz CT molecular complexity index is 281. The summed E-state index contributed by atoms with van der Waals surface area (Å²) in [6.45, 7) is 2.31. The van der Waals surface area contributed by atoms with Crippen molar-refractivity contribution in [1.29, 1.82) is 0 Å². The highest BCUT2D eigenvalue weighted by molar-refractivity contribution is 7.99. The molecular weight excluding hydrogens is 198 g/mol. The number of aryl methyl sites for hydroxylation is 1. The molecule has 0 radical (unpaired) electrons. The molecular formula is C8H15N5S. The highest BCUT2D eigenvalue weighted by atomic mass is 32.2. The Hall–Kier alpha value is -0.620. The minimum Gasteiger partial charge on any atom is -0.316 e. The third-order valence-electron chi connectivity index (χ3n) is 2.43. The topological polar surface area (TPSA) is 55.6 Å². The summed E-state index contributed by atoms with van der Waals surface area (Å²) in [5, 5.41) is 15.7. The van der Waals surface area contributed by atoms with E-state index in [1.165, 1.54) is 19.4 Å². The summed E-state index contributed by atoms with van der Waals surface area (Å²) >= 11 is 1.75. The van der Waals surface area contributed by atoms with Crippen LogP contribution in [0.5, 0.6) is 0 Å². The molecule has 1 N–H and O–H groups in total. The Morgan fingerprint density at radius 3 is 3.21 bits per heavy atom. The van der Waals surface area contributed by atoms with Crippen molar-refractivity contribution in [2.75, 3.05) is 18.8 Å². The molecule has 0 unspecified atom stereocenters. The fraction of sp³-hybridized carbons (Fsp3) is 0.875. The average molecular weight is 213 g/mol. The molecule has 0 saturated carbocycles. The first-order valence-electron chi connectivity index (χ1n) is 4.92. The molecule has 0 bridgehead atoms. The molecule has 78 valence electrons. The molecule has 0 aliphatic carbocycles. The molecule has 6 heteroatoms. The summed E-state index contributed by atoms with van der Waals surface area (Å²) in [4.78, 5) is 0. The first-order valence-corrected chi connectivity index (χ1v) is 5.90. The van der Waals surface area contributed by atoms with Crippen molar-refractivity contribution in [3.63, 3.8) is 0 Å². The minimum absolute atomic E-state index is 0.769. The maximum absolute atomic E-state index is 3.94. The number of thioether (sulfide) groups is 1. The highest BCUT2D eigenvalue weighted by Gasteiger charge is 2.14. The summed E-state index contributed by atoms with van der Waals surface area (Å²) in [7, 11) is 1.88. The molecule has 0 aromatic carbocycles. The Labute approximate surface area is 87.6 Å². The van der Waals surface area contributed by atoms with Gasteiger partial charge < -0.3 is 5.32 Å². The molecule has 1 aromatic rings. The lowest BCUT2D eigenvalue weighted by Crippen LogP contribution is -2.30. The van der Waals surface area contributed by atoms with Gasteiger partial charge in [0.25, 0.3) is 0 Å². The van der Waals surface area contributed by atoms with Gasteiger partial charge in [-0.25, -0.2) is 4.68 Å². The van der Waals surface area contributed by atoms with Crippen LogP contribution in [-0.4, -0.2) is 39.0 Å². The van der Waals surface area contributed by atoms with Crippen molar-refractivity contribution in [3.8, 4) is 0 Å². The summed E-state index contributed by atoms with van der Waals surface area (Å²) in [5.74, 6) is 1.88. The molecule has 1 aromatic heterocycles. The third kappa shape index (κ3) is 2.45. The summed E-state index contributed by atoms with van der Waals surface area (Å²) in [6.07, 6.45) is 2.62. The van der Waals surface area contributed by atoms with Crippen LogP contribution in [0.25, 0.3) is 0 Å². The van der Waals surface area contributed by atoms with E-state index in [0.29, 0.717) is 0 Å². The smallest absolute Gasteiger partial charge is 0.209 e. The van der Waals surface area contributed by atoms with Gasteiger partial charge in [-0.3, -0.25) is 0 Å². The lowest BCUT2D eigenvalue weighted by molar-refractivity contribution is 0.410. The van der Waals surface area contributed by atoms with Gasteiger partial charge in [0.1, 0.15) is 0 Å². The van der Waals surface area contributed by atoms with E-state index in [1.54, 1.807) is 16.4 Å². The Morgan fingerprint density at radius 2 is 2.57 bits per heavy atom. The zero-order chi connectivity index (χ0) is 9.80. The summed E-state index contributed by atoms with van der Waals surface area (Å²) < 4.78 is 1.72. The van der Waals surface area contributed by atoms with Crippen molar-refractivity contribution < 1.29 is 0 Å². The van der Waals surface area contributed by atoms with E-state index in [-0.39, 0.29) is 0 Å². The summed E-state index contributed by atoms with van der Waals surface area (Å²) in [6, 6.07) is 0. The number of nitrogens with zero attached hydrogens (tertiary/aromatic N) is 4. The van der Waals surface area contributed by atoms with Crippen molar-refractivity contribution in [2.24, 2.45) is 13.0 Å². The van der Waals surface area contributed by atoms with E-state index >= 15 is 0 Å². The largest absolute Gasteiger partial charge is 0.316 e. The van der Waals surface area contributed by atoms with Crippen molar-refractivity contribution in [1.82, 2.24) is 25.5 Å². The number of rotatable bonds is 3. The maximum Gasteiger partial charge on any atom is 0.209 e. The lowest BCUT2D eigenvalue weighted by atomic mass is 10.0. The van der Waals surface area contributed by atoms with Gasteiger partial charge in [-0.15, -0.1) is 5.10 Å². The van der Waals surface area contributed by atoms with E-state index in [9.17, 15) is 0 Å². The zero-order valence-electron chi connectivity index (χ0n) is 8.31. The van der Waals surface area contributed by atoms with E-state index < -0.39 is 0 Å². The minimum atomic E-state index is 0.769. The average Bonchev–Trinajstić information content (AvgIpc) is 2.63. The highest BCUT2D eigenvalue weighted by Crippen LogP contribution is 2.20. The fourth-order valence-corrected chi connectivity index (χ4v) is 2.59. The van der Waals surface area contributed by atoms with E-state index in [0.717, 1.165) is 23.4 Å². The van der Waals surface area contributed by atoms with Gasteiger partial charge in [0.15, 0.2) is 0 Å². The van der Waals surface area contributed by atoms with Crippen LogP contribution in [0, 0.1) is 5.92 Å². The van der Waals surface area contributed by atoms with Crippen LogP contribution in [0.4, 0.5) is 0 Å². The normalized spacial score (nSPS) is 22.5. The van der Waals surface area contributed by atoms with Crippen LogP contribution in [-0.2, 0) is 7.05 Å². The molecule has 14 heavy (non-hydrogen) atoms. The quantitative estimate of drug-likeness (QED) is 0.732. The standard InChI is InChI=1S/C8H15N5S/c1-13-8(10-11-12-13)14-6-7-3-2-4-9-5-7/h7,9H,2-6H2,1H3/t7-/m0/s1. The molecule has 0 amide bonds. The van der Waals surface area contributed by atoms with Gasteiger partial charge in [-0.1, -0.05) is 11.8 Å². The molecule has 1 aliphatic rings. The maximum atomic E-state index is 3.94. The number of nitrogens with one attached hydrogen (secondary N) is 1. The van der Waals surface area contributed by atoms with Crippen molar-refractivity contribution in [3.05, 3.63) is 0 Å². The van der Waals surface area contributed by atoms with Gasteiger partial charge in [-0.05, 0) is 42.3 Å². The number of aromatic nitrogens is 4. The number of tetrazole rings is 1. The molecule has 0 spiro atoms. The molecule has 2 heterocycles. The van der Waals surface area contributed by atoms with Crippen LogP contribution in [0.15, 0.2) is 5.16 Å². The second-order valence-electron chi connectivity index (χ2n) is 3.61. The number of piperidine rings is 1. The molecule has 5 nitrogen and oxygen atoms in total. The molecule has 1 atom stereocenters. The van der Waals surface area contributed by atoms with Crippen molar-refractivity contribution in [2.45, 2.75) is 18.0 Å². The fourth-order valence-electron chi connectivity index (χ4n) is 1.60. The predicted molar refractivity (Wildman–Crippen MR) is 55.1 cm³/mol. The lowest BCUT2D eigenvalue weighted by Gasteiger charge is -2.21. The third-order valence-corrected chi connectivity index (χ3v) is 3.67. The molecule has 2 rings (SSSR count). The predicted octanol–water partition coefficient (Wildman–Crippen LogP) is 0.302. The van der Waals surface area contributed by atoms with Crippen molar-refractivity contribution >= 4 is 11.8 Å². The number of hydrogen-bond acceptors (Lipinski definition) is 5. The molecule has 1 fully saturated rings. The molecule has 1 saturated heterocycles. The monoisotopic (exact) mass is 213 g/mol. The second-order valence-corrected chi connectivity index (χ2v) is 4.60. The van der Waals surface area contributed by atoms with Crippen LogP contribution < -0.4 is 5.32 Å². The Kier molecular flexibility index (Phi) is 3.36. The van der Waals surface area contributed by atoms with Crippen LogP contribution in [0.2, 0.25) is 0 Å². The first kappa shape index (κ1) is 9.92. The summed E-state index contributed by atoms with van der Waals surface area (Å²) in [5.41, 5.74) is 0. The van der Waals surface area contributed by atoms with Gasteiger partial charge in [0.2, 0.25) is 5.16 Å². The van der Waals surface area contributed by atoms with Gasteiger partial charge >= 0.3 is 0 Å². The van der Waals surface area contributed by atoms with Gasteiger partial charge in [0, 0.05) is 12.8 Å². The van der Waals surface area contributed by atoms with Crippen LogP contribution >= 0.6 is 11.8 Å². The van der Waals surface area contributed by atoms with Gasteiger partial charge in [-0.2, -0.15) is 0 Å². The van der Waals surface area contributed by atoms with Gasteiger partial charge in [0.05, 0.1) is 0 Å².